The summed E-state index contributed by atoms with van der Waals surface area (Å²) in [5.41, 5.74) is 7.49. The smallest absolute Gasteiger partial charge is 0.230 e. The minimum atomic E-state index is -0.0829. The van der Waals surface area contributed by atoms with E-state index in [0.717, 1.165) is 52.9 Å². The van der Waals surface area contributed by atoms with Gasteiger partial charge < -0.3 is 10.6 Å². The summed E-state index contributed by atoms with van der Waals surface area (Å²) < 4.78 is 0. The molecule has 1 unspecified atom stereocenters. The summed E-state index contributed by atoms with van der Waals surface area (Å²) in [6.07, 6.45) is 4.87. The lowest BCUT2D eigenvalue weighted by molar-refractivity contribution is -0.119. The summed E-state index contributed by atoms with van der Waals surface area (Å²) in [7, 11) is 0. The number of amides is 2. The number of carbonyl (C=O) groups is 2. The topological polar surface area (TPSA) is 108 Å². The van der Waals surface area contributed by atoms with E-state index >= 15 is 0 Å². The molecule has 10 heteroatoms. The van der Waals surface area contributed by atoms with Crippen molar-refractivity contribution < 1.29 is 9.59 Å². The molecule has 0 bridgehead atoms. The van der Waals surface area contributed by atoms with Crippen molar-refractivity contribution in [2.24, 2.45) is 11.0 Å². The summed E-state index contributed by atoms with van der Waals surface area (Å²) in [5, 5.41) is 21.2. The number of amidine groups is 1. The van der Waals surface area contributed by atoms with Crippen molar-refractivity contribution in [2.75, 3.05) is 5.32 Å². The van der Waals surface area contributed by atoms with Gasteiger partial charge in [0, 0.05) is 5.92 Å². The van der Waals surface area contributed by atoms with E-state index < -0.39 is 0 Å². The Morgan fingerprint density at radius 1 is 0.947 bits per heavy atom. The molecule has 1 fully saturated rings. The minimum absolute atomic E-state index is 0.0587. The van der Waals surface area contributed by atoms with Gasteiger partial charge in [-0.15, -0.1) is 10.2 Å². The highest BCUT2D eigenvalue weighted by atomic mass is 32.2. The van der Waals surface area contributed by atoms with Crippen molar-refractivity contribution in [2.45, 2.75) is 63.7 Å². The largest absolute Gasteiger partial charge is 0.303 e. The molecule has 1 aromatic heterocycles. The van der Waals surface area contributed by atoms with E-state index in [1.165, 1.54) is 11.3 Å². The summed E-state index contributed by atoms with van der Waals surface area (Å²) in [5.74, 6) is 0.560. The van der Waals surface area contributed by atoms with Crippen LogP contribution in [0.15, 0.2) is 53.6 Å². The Labute approximate surface area is 231 Å². The van der Waals surface area contributed by atoms with Crippen molar-refractivity contribution in [1.82, 2.24) is 20.9 Å². The van der Waals surface area contributed by atoms with E-state index in [1.807, 2.05) is 62.4 Å². The van der Waals surface area contributed by atoms with Crippen LogP contribution < -0.4 is 16.1 Å². The number of carbonyl (C=O) groups excluding carboxylic acids is 2. The van der Waals surface area contributed by atoms with E-state index in [-0.39, 0.29) is 17.2 Å². The van der Waals surface area contributed by atoms with E-state index in [4.69, 9.17) is 0 Å². The lowest BCUT2D eigenvalue weighted by atomic mass is 9.81. The van der Waals surface area contributed by atoms with Crippen LogP contribution in [-0.2, 0) is 22.4 Å². The third kappa shape index (κ3) is 6.99. The van der Waals surface area contributed by atoms with Gasteiger partial charge in [-0.3, -0.25) is 15.0 Å². The Morgan fingerprint density at radius 3 is 2.32 bits per heavy atom. The molecule has 1 aliphatic heterocycles. The number of benzene rings is 2. The molecule has 1 saturated carbocycles. The zero-order valence-electron chi connectivity index (χ0n) is 21.6. The molecule has 3 atom stereocenters. The molecule has 2 aromatic carbocycles. The zero-order chi connectivity index (χ0) is 26.5. The molecule has 5 rings (SSSR count). The number of rotatable bonds is 7. The molecule has 2 aliphatic rings. The third-order valence-electron chi connectivity index (χ3n) is 6.85. The number of anilines is 1. The Hall–Kier alpha value is -3.24. The van der Waals surface area contributed by atoms with E-state index in [9.17, 15) is 9.59 Å². The number of nitrogens with one attached hydrogen (secondary N) is 3. The van der Waals surface area contributed by atoms with Gasteiger partial charge in [0.05, 0.1) is 18.2 Å². The van der Waals surface area contributed by atoms with Crippen LogP contribution >= 0.6 is 23.1 Å². The van der Waals surface area contributed by atoms with Crippen LogP contribution in [0.4, 0.5) is 5.13 Å². The Kier molecular flexibility index (Phi) is 8.38. The molecule has 1 aliphatic carbocycles. The Morgan fingerprint density at radius 2 is 1.63 bits per heavy atom. The van der Waals surface area contributed by atoms with E-state index in [0.29, 0.717) is 35.0 Å². The molecule has 38 heavy (non-hydrogen) atoms. The van der Waals surface area contributed by atoms with Gasteiger partial charge in [-0.1, -0.05) is 89.2 Å². The highest BCUT2D eigenvalue weighted by Gasteiger charge is 2.34. The van der Waals surface area contributed by atoms with Crippen molar-refractivity contribution in [3.8, 4) is 0 Å². The summed E-state index contributed by atoms with van der Waals surface area (Å²) >= 11 is 3.06. The third-order valence-corrected chi connectivity index (χ3v) is 9.01. The van der Waals surface area contributed by atoms with Gasteiger partial charge in [0.2, 0.25) is 16.9 Å². The normalized spacial score (nSPS) is 20.9. The first-order valence-electron chi connectivity index (χ1n) is 13.0. The second kappa shape index (κ2) is 12.1. The van der Waals surface area contributed by atoms with Crippen molar-refractivity contribution >= 4 is 45.2 Å². The van der Waals surface area contributed by atoms with Gasteiger partial charge >= 0.3 is 0 Å². The average Bonchev–Trinajstić information content (AvgIpc) is 3.54. The molecule has 2 heterocycles. The second-order valence-corrected chi connectivity index (χ2v) is 12.2. The summed E-state index contributed by atoms with van der Waals surface area (Å²) in [4.78, 5) is 25.0. The number of hydrogen-bond donors (Lipinski definition) is 3. The lowest BCUT2D eigenvalue weighted by Gasteiger charge is -2.30. The number of hydrazone groups is 1. The maximum absolute atomic E-state index is 12.5. The Balaban J connectivity index is 1.10. The monoisotopic (exact) mass is 548 g/mol. The van der Waals surface area contributed by atoms with Crippen LogP contribution in [0.5, 0.6) is 0 Å². The van der Waals surface area contributed by atoms with Crippen molar-refractivity contribution in [3.63, 3.8) is 0 Å². The van der Waals surface area contributed by atoms with Gasteiger partial charge in [-0.25, -0.2) is 0 Å². The van der Waals surface area contributed by atoms with Crippen LogP contribution in [-0.4, -0.2) is 32.6 Å². The lowest BCUT2D eigenvalue weighted by Crippen LogP contribution is -2.31. The maximum Gasteiger partial charge on any atom is 0.230 e. The average molecular weight is 549 g/mol. The molecule has 0 spiro atoms. The number of thioether (sulfide) groups is 1. The van der Waals surface area contributed by atoms with Crippen LogP contribution in [0.3, 0.4) is 0 Å². The fourth-order valence-electron chi connectivity index (χ4n) is 5.07. The van der Waals surface area contributed by atoms with E-state index in [2.05, 4.69) is 31.4 Å². The fraction of sp³-hybridized carbons (Fsp3) is 0.393. The maximum atomic E-state index is 12.5. The quantitative estimate of drug-likeness (QED) is 0.388. The van der Waals surface area contributed by atoms with Crippen LogP contribution in [0.25, 0.3) is 0 Å². The fourth-order valence-corrected chi connectivity index (χ4v) is 7.04. The van der Waals surface area contributed by atoms with Gasteiger partial charge in [0.25, 0.3) is 0 Å². The summed E-state index contributed by atoms with van der Waals surface area (Å²) in [6, 6.07) is 15.9. The highest BCUT2D eigenvalue weighted by Crippen LogP contribution is 2.42. The van der Waals surface area contributed by atoms with Crippen molar-refractivity contribution in [1.29, 1.82) is 0 Å². The van der Waals surface area contributed by atoms with Crippen molar-refractivity contribution in [3.05, 3.63) is 75.8 Å². The highest BCUT2D eigenvalue weighted by molar-refractivity contribution is 8.14. The molecule has 3 aromatic rings. The zero-order valence-corrected chi connectivity index (χ0v) is 23.2. The van der Waals surface area contributed by atoms with Crippen LogP contribution in [0.2, 0.25) is 0 Å². The SMILES string of the molecule is Cc1cccc(CC(=O)NC2=NNC([C@@H]3CCC[C@@H](c4nnc(NC(=O)Cc5cccc(C)c5)s4)C3)S2)c1. The number of hydrogen-bond acceptors (Lipinski definition) is 8. The van der Waals surface area contributed by atoms with Gasteiger partial charge in [0.15, 0.2) is 5.17 Å². The van der Waals surface area contributed by atoms with Crippen LogP contribution in [0.1, 0.15) is 58.9 Å². The molecular formula is C28H32N6O2S2. The van der Waals surface area contributed by atoms with E-state index in [1.54, 1.807) is 11.8 Å². The predicted molar refractivity (Wildman–Crippen MR) is 153 cm³/mol. The molecule has 8 nitrogen and oxygen atoms in total. The first-order valence-corrected chi connectivity index (χ1v) is 14.6. The van der Waals surface area contributed by atoms with Crippen LogP contribution in [0, 0.1) is 19.8 Å². The molecule has 3 N–H and O–H groups in total. The van der Waals surface area contributed by atoms with Gasteiger partial charge in [0.1, 0.15) is 5.01 Å². The Bertz CT molecular complexity index is 1340. The first-order chi connectivity index (χ1) is 18.4. The predicted octanol–water partition coefficient (Wildman–Crippen LogP) is 4.90. The van der Waals surface area contributed by atoms with Gasteiger partial charge in [-0.05, 0) is 50.2 Å². The minimum Gasteiger partial charge on any atom is -0.303 e. The summed E-state index contributed by atoms with van der Waals surface area (Å²) in [6.45, 7) is 4.04. The number of nitrogens with zero attached hydrogens (tertiary/aromatic N) is 3. The molecular weight excluding hydrogens is 516 g/mol. The molecule has 0 radical (unpaired) electrons. The first kappa shape index (κ1) is 26.4. The second-order valence-electron chi connectivity index (χ2n) is 10.1. The molecule has 0 saturated heterocycles. The number of aromatic nitrogens is 2. The molecule has 198 valence electrons. The molecule has 2 amide bonds. The standard InChI is InChI=1S/C28H32N6O2S2/c1-17-6-3-8-19(12-17)14-23(35)29-27-33-31-25(37-27)21-10-5-11-22(16-21)26-32-34-28(38-26)30-24(36)15-20-9-4-7-18(2)13-20/h3-4,6-9,12-13,21-22,25,31H,5,10-11,14-16H2,1-2H3,(H,29,33,35)(H,30,34,36)/t21-,22-,25?/m1/s1. The van der Waals surface area contributed by atoms with Gasteiger partial charge in [-0.2, -0.15) is 5.10 Å². The number of aryl methyl sites for hydroxylation is 2.